The topological polar surface area (TPSA) is 57.9 Å². The Morgan fingerprint density at radius 3 is 2.45 bits per heavy atom. The molecule has 0 saturated carbocycles. The third kappa shape index (κ3) is 3.64. The van der Waals surface area contributed by atoms with Crippen LogP contribution in [0.5, 0.6) is 0 Å². The normalized spacial score (nSPS) is 13.0. The van der Waals surface area contributed by atoms with Gasteiger partial charge in [0.05, 0.1) is 6.07 Å². The van der Waals surface area contributed by atoms with E-state index in [2.05, 4.69) is 5.92 Å². The van der Waals surface area contributed by atoms with Crippen LogP contribution in [0, 0.1) is 23.7 Å². The Kier molecular flexibility index (Phi) is 3.64. The van der Waals surface area contributed by atoms with Gasteiger partial charge in [0.1, 0.15) is 5.25 Å². The Bertz CT molecular complexity index is 291. The Hall–Kier alpha value is -1.00. The first-order valence-corrected chi connectivity index (χ1v) is 4.99. The minimum atomic E-state index is -3.24. The standard InChI is InChI=1S/C7H9NO2S/c1-3-4-5-7(6-8)11(2,9)10/h1,7H,4-5H2,2H3. The van der Waals surface area contributed by atoms with Gasteiger partial charge in [-0.1, -0.05) is 0 Å². The third-order valence-corrected chi connectivity index (χ3v) is 2.59. The molecule has 0 aliphatic carbocycles. The average molecular weight is 171 g/mol. The van der Waals surface area contributed by atoms with Crippen molar-refractivity contribution in [3.05, 3.63) is 0 Å². The lowest BCUT2D eigenvalue weighted by Gasteiger charge is -2.01. The van der Waals surface area contributed by atoms with Gasteiger partial charge in [-0.05, 0) is 6.42 Å². The summed E-state index contributed by atoms with van der Waals surface area (Å²) in [5.41, 5.74) is 0. The van der Waals surface area contributed by atoms with E-state index in [1.165, 1.54) is 0 Å². The molecule has 0 saturated heterocycles. The van der Waals surface area contributed by atoms with Gasteiger partial charge in [-0.15, -0.1) is 12.3 Å². The molecule has 0 aromatic carbocycles. The van der Waals surface area contributed by atoms with Gasteiger partial charge < -0.3 is 0 Å². The second-order valence-corrected chi connectivity index (χ2v) is 4.42. The van der Waals surface area contributed by atoms with Gasteiger partial charge in [-0.25, -0.2) is 8.42 Å². The third-order valence-electron chi connectivity index (χ3n) is 1.21. The molecule has 0 aliphatic heterocycles. The number of hydrogen-bond acceptors (Lipinski definition) is 3. The first-order chi connectivity index (χ1) is 5.02. The van der Waals surface area contributed by atoms with E-state index in [1.807, 2.05) is 0 Å². The summed E-state index contributed by atoms with van der Waals surface area (Å²) in [5.74, 6) is 2.29. The van der Waals surface area contributed by atoms with Crippen LogP contribution in [-0.2, 0) is 9.84 Å². The van der Waals surface area contributed by atoms with Crippen LogP contribution >= 0.6 is 0 Å². The Morgan fingerprint density at radius 2 is 2.18 bits per heavy atom. The van der Waals surface area contributed by atoms with Crippen molar-refractivity contribution in [3.8, 4) is 18.4 Å². The molecular weight excluding hydrogens is 162 g/mol. The van der Waals surface area contributed by atoms with Crippen molar-refractivity contribution >= 4 is 9.84 Å². The monoisotopic (exact) mass is 171 g/mol. The van der Waals surface area contributed by atoms with Gasteiger partial charge in [0.2, 0.25) is 0 Å². The Labute approximate surface area is 66.9 Å². The molecule has 60 valence electrons. The van der Waals surface area contributed by atoms with Crippen LogP contribution in [0.1, 0.15) is 12.8 Å². The summed E-state index contributed by atoms with van der Waals surface area (Å²) in [6.07, 6.45) is 6.51. The van der Waals surface area contributed by atoms with Crippen molar-refractivity contribution in [1.29, 1.82) is 5.26 Å². The van der Waals surface area contributed by atoms with Crippen molar-refractivity contribution in [1.82, 2.24) is 0 Å². The van der Waals surface area contributed by atoms with Crippen molar-refractivity contribution < 1.29 is 8.42 Å². The van der Waals surface area contributed by atoms with Gasteiger partial charge in [0.15, 0.2) is 9.84 Å². The molecule has 0 spiro atoms. The Morgan fingerprint density at radius 1 is 1.64 bits per heavy atom. The molecule has 11 heavy (non-hydrogen) atoms. The highest BCUT2D eigenvalue weighted by Gasteiger charge is 2.18. The fourth-order valence-corrected chi connectivity index (χ4v) is 1.33. The minimum absolute atomic E-state index is 0.228. The smallest absolute Gasteiger partial charge is 0.163 e. The van der Waals surface area contributed by atoms with E-state index in [1.54, 1.807) is 6.07 Å². The van der Waals surface area contributed by atoms with Gasteiger partial charge >= 0.3 is 0 Å². The molecule has 1 atom stereocenters. The van der Waals surface area contributed by atoms with Crippen molar-refractivity contribution in [2.75, 3.05) is 6.26 Å². The van der Waals surface area contributed by atoms with Gasteiger partial charge in [0, 0.05) is 12.7 Å². The van der Waals surface area contributed by atoms with Crippen LogP contribution in [0.15, 0.2) is 0 Å². The van der Waals surface area contributed by atoms with Gasteiger partial charge in [0.25, 0.3) is 0 Å². The summed E-state index contributed by atoms with van der Waals surface area (Å²) in [4.78, 5) is 0. The molecule has 0 aliphatic rings. The molecule has 0 fully saturated rings. The fraction of sp³-hybridized carbons (Fsp3) is 0.571. The lowest BCUT2D eigenvalue weighted by molar-refractivity contribution is 0.592. The Balaban J connectivity index is 4.26. The zero-order valence-electron chi connectivity index (χ0n) is 6.24. The summed E-state index contributed by atoms with van der Waals surface area (Å²) in [6, 6.07) is 1.69. The predicted molar refractivity (Wildman–Crippen MR) is 42.3 cm³/mol. The van der Waals surface area contributed by atoms with Crippen LogP contribution in [0.25, 0.3) is 0 Å². The quantitative estimate of drug-likeness (QED) is 0.575. The van der Waals surface area contributed by atoms with Gasteiger partial charge in [-0.2, -0.15) is 5.26 Å². The summed E-state index contributed by atoms with van der Waals surface area (Å²) in [7, 11) is -3.24. The highest BCUT2D eigenvalue weighted by molar-refractivity contribution is 7.91. The van der Waals surface area contributed by atoms with E-state index >= 15 is 0 Å². The molecule has 0 rings (SSSR count). The summed E-state index contributed by atoms with van der Waals surface area (Å²) in [5, 5.41) is 7.44. The molecule has 0 aromatic rings. The molecule has 0 radical (unpaired) electrons. The molecule has 3 nitrogen and oxygen atoms in total. The summed E-state index contributed by atoms with van der Waals surface area (Å²) >= 11 is 0. The SMILES string of the molecule is C#CCCC(C#N)S(C)(=O)=O. The van der Waals surface area contributed by atoms with Crippen LogP contribution in [0.4, 0.5) is 0 Å². The van der Waals surface area contributed by atoms with E-state index in [0.717, 1.165) is 6.26 Å². The number of rotatable bonds is 3. The number of sulfone groups is 1. The molecule has 0 bridgehead atoms. The first-order valence-electron chi connectivity index (χ1n) is 3.04. The molecule has 1 unspecified atom stereocenters. The maximum Gasteiger partial charge on any atom is 0.163 e. The predicted octanol–water partition coefficient (Wildman–Crippen LogP) is 0.337. The number of hydrogen-bond donors (Lipinski definition) is 0. The molecule has 0 N–H and O–H groups in total. The zero-order valence-corrected chi connectivity index (χ0v) is 7.06. The summed E-state index contributed by atoms with van der Waals surface area (Å²) < 4.78 is 21.6. The van der Waals surface area contributed by atoms with E-state index in [4.69, 9.17) is 11.7 Å². The number of terminal acetylenes is 1. The fourth-order valence-electron chi connectivity index (χ4n) is 0.589. The van der Waals surface area contributed by atoms with E-state index in [-0.39, 0.29) is 6.42 Å². The highest BCUT2D eigenvalue weighted by Crippen LogP contribution is 2.04. The molecule has 0 amide bonds. The van der Waals surface area contributed by atoms with Crippen molar-refractivity contribution in [3.63, 3.8) is 0 Å². The molecule has 0 aromatic heterocycles. The maximum atomic E-state index is 10.8. The van der Waals surface area contributed by atoms with E-state index in [9.17, 15) is 8.42 Å². The minimum Gasteiger partial charge on any atom is -0.228 e. The maximum absolute atomic E-state index is 10.8. The first kappa shape index (κ1) is 10.0. The van der Waals surface area contributed by atoms with Crippen LogP contribution in [-0.4, -0.2) is 19.9 Å². The van der Waals surface area contributed by atoms with Crippen LogP contribution in [0.3, 0.4) is 0 Å². The highest BCUT2D eigenvalue weighted by atomic mass is 32.2. The van der Waals surface area contributed by atoms with Gasteiger partial charge in [-0.3, -0.25) is 0 Å². The van der Waals surface area contributed by atoms with Crippen LogP contribution < -0.4 is 0 Å². The van der Waals surface area contributed by atoms with Crippen molar-refractivity contribution in [2.24, 2.45) is 0 Å². The summed E-state index contributed by atoms with van der Waals surface area (Å²) in [6.45, 7) is 0. The second kappa shape index (κ2) is 4.00. The molecule has 0 heterocycles. The molecular formula is C7H9NO2S. The lowest BCUT2D eigenvalue weighted by atomic mass is 10.2. The molecule has 4 heteroatoms. The largest absolute Gasteiger partial charge is 0.228 e. The number of nitrogens with zero attached hydrogens (tertiary/aromatic N) is 1. The average Bonchev–Trinajstić information content (AvgIpc) is 1.87. The van der Waals surface area contributed by atoms with Crippen LogP contribution in [0.2, 0.25) is 0 Å². The van der Waals surface area contributed by atoms with Crippen molar-refractivity contribution in [2.45, 2.75) is 18.1 Å². The van der Waals surface area contributed by atoms with E-state index < -0.39 is 15.1 Å². The lowest BCUT2D eigenvalue weighted by Crippen LogP contribution is -2.17. The van der Waals surface area contributed by atoms with E-state index in [0.29, 0.717) is 6.42 Å². The number of nitriles is 1. The second-order valence-electron chi connectivity index (χ2n) is 2.19. The zero-order chi connectivity index (χ0) is 8.91.